The minimum atomic E-state index is -2.21. The van der Waals surface area contributed by atoms with Crippen LogP contribution in [0, 0.1) is 26.1 Å². The normalized spacial score (nSPS) is 30.5. The first-order valence-electron chi connectivity index (χ1n) is 8.37. The molecule has 1 fully saturated rings. The maximum absolute atomic E-state index is 13.2. The second-order valence-electron chi connectivity index (χ2n) is 7.00. The van der Waals surface area contributed by atoms with Gasteiger partial charge in [-0.2, -0.15) is 0 Å². The molecule has 138 valence electrons. The molecule has 0 N–H and O–H groups in total. The predicted molar refractivity (Wildman–Crippen MR) is 90.1 cm³/mol. The van der Waals surface area contributed by atoms with Gasteiger partial charge in [0.05, 0.1) is 13.1 Å². The summed E-state index contributed by atoms with van der Waals surface area (Å²) < 4.78 is 0. The Kier molecular flexibility index (Phi) is 4.14. The van der Waals surface area contributed by atoms with E-state index in [1.807, 2.05) is 0 Å². The van der Waals surface area contributed by atoms with Gasteiger partial charge in [-0.3, -0.25) is 29.9 Å². The summed E-state index contributed by atoms with van der Waals surface area (Å²) in [6.45, 7) is 2.98. The summed E-state index contributed by atoms with van der Waals surface area (Å²) in [5, 5.41) is 24.5. The fraction of sp³-hybridized carbons (Fsp3) is 0.529. The Morgan fingerprint density at radius 3 is 2.31 bits per heavy atom. The molecule has 9 heteroatoms. The number of carbonyl (C=O) groups excluding carboxylic acids is 2. The molecule has 2 aliphatic rings. The number of hydrogen-bond acceptors (Lipinski definition) is 7. The maximum Gasteiger partial charge on any atom is 0.306 e. The van der Waals surface area contributed by atoms with Gasteiger partial charge in [0, 0.05) is 27.4 Å². The molecule has 1 aliphatic carbocycles. The van der Waals surface area contributed by atoms with E-state index in [0.29, 0.717) is 6.54 Å². The lowest BCUT2D eigenvalue weighted by Crippen LogP contribution is -2.75. The standard InChI is InChI=1S/C17H19N3O6/c1-3-18-9-16(19(23)24)13-7-5-4-6-12(13)15(22)17(10-18,20(25)26)14(16)8-11(2)21/h4-7,14H,3,8-10H2,1-2H3/t14-,16+,17-/m1/s1. The lowest BCUT2D eigenvalue weighted by molar-refractivity contribution is -0.640. The highest BCUT2D eigenvalue weighted by molar-refractivity contribution is 6.06. The van der Waals surface area contributed by atoms with Crippen LogP contribution in [0.15, 0.2) is 24.3 Å². The van der Waals surface area contributed by atoms with Gasteiger partial charge < -0.3 is 4.79 Å². The van der Waals surface area contributed by atoms with Gasteiger partial charge >= 0.3 is 5.54 Å². The Labute approximate surface area is 149 Å². The smallest absolute Gasteiger partial charge is 0.300 e. The van der Waals surface area contributed by atoms with Crippen molar-refractivity contribution in [1.82, 2.24) is 4.90 Å². The van der Waals surface area contributed by atoms with Gasteiger partial charge in [0.15, 0.2) is 0 Å². The zero-order chi connectivity index (χ0) is 19.3. The summed E-state index contributed by atoms with van der Waals surface area (Å²) in [6.07, 6.45) is -0.389. The number of likely N-dealkylation sites (N-methyl/N-ethyl adjacent to an activating group) is 1. The molecule has 1 heterocycles. The highest BCUT2D eigenvalue weighted by Crippen LogP contribution is 2.53. The fourth-order valence-corrected chi connectivity index (χ4v) is 4.55. The van der Waals surface area contributed by atoms with Gasteiger partial charge in [0.1, 0.15) is 11.7 Å². The number of ketones is 2. The Morgan fingerprint density at radius 1 is 1.19 bits per heavy atom. The predicted octanol–water partition coefficient (Wildman–Crippen LogP) is 1.30. The van der Waals surface area contributed by atoms with Crippen LogP contribution in [-0.4, -0.2) is 51.5 Å². The summed E-state index contributed by atoms with van der Waals surface area (Å²) in [5.41, 5.74) is -3.91. The van der Waals surface area contributed by atoms with Crippen molar-refractivity contribution >= 4 is 11.6 Å². The average Bonchev–Trinajstić information content (AvgIpc) is 2.59. The van der Waals surface area contributed by atoms with Crippen LogP contribution in [0.4, 0.5) is 0 Å². The lowest BCUT2D eigenvalue weighted by atomic mass is 9.56. The SMILES string of the molecule is CCN1C[C@]2([N+](=O)[O-])C(=O)c3ccccc3[C@@]([N+](=O)[O-])(C1)[C@H]2CC(C)=O. The first-order valence-corrected chi connectivity index (χ1v) is 8.37. The molecule has 0 unspecified atom stereocenters. The van der Waals surface area contributed by atoms with Crippen LogP contribution in [0.2, 0.25) is 0 Å². The number of nitrogens with zero attached hydrogens (tertiary/aromatic N) is 3. The van der Waals surface area contributed by atoms with Crippen LogP contribution in [0.3, 0.4) is 0 Å². The first-order chi connectivity index (χ1) is 12.2. The number of rotatable bonds is 5. The maximum atomic E-state index is 13.2. The monoisotopic (exact) mass is 361 g/mol. The number of fused-ring (bicyclic) bond motifs is 4. The van der Waals surface area contributed by atoms with Crippen molar-refractivity contribution in [3.63, 3.8) is 0 Å². The molecule has 0 spiro atoms. The highest BCUT2D eigenvalue weighted by atomic mass is 16.6. The van der Waals surface area contributed by atoms with Crippen LogP contribution in [0.5, 0.6) is 0 Å². The number of likely N-dealkylation sites (tertiary alicyclic amines) is 1. The van der Waals surface area contributed by atoms with Gasteiger partial charge in [-0.25, -0.2) is 0 Å². The molecule has 1 aromatic rings. The summed E-state index contributed by atoms with van der Waals surface area (Å²) in [4.78, 5) is 49.9. The van der Waals surface area contributed by atoms with Crippen molar-refractivity contribution in [2.75, 3.05) is 19.6 Å². The van der Waals surface area contributed by atoms with Gasteiger partial charge in [-0.05, 0) is 13.5 Å². The van der Waals surface area contributed by atoms with Crippen LogP contribution >= 0.6 is 0 Å². The molecule has 0 aromatic heterocycles. The summed E-state index contributed by atoms with van der Waals surface area (Å²) in [5.74, 6) is -2.49. The van der Waals surface area contributed by atoms with Crippen LogP contribution < -0.4 is 0 Å². The molecule has 3 atom stereocenters. The molecule has 26 heavy (non-hydrogen) atoms. The Morgan fingerprint density at radius 2 is 1.77 bits per heavy atom. The van der Waals surface area contributed by atoms with Crippen molar-refractivity contribution < 1.29 is 19.4 Å². The molecule has 0 saturated carbocycles. The van der Waals surface area contributed by atoms with Crippen LogP contribution in [0.25, 0.3) is 0 Å². The number of benzene rings is 1. The number of carbonyl (C=O) groups is 2. The number of nitro groups is 2. The molecule has 1 aromatic carbocycles. The van der Waals surface area contributed by atoms with E-state index >= 15 is 0 Å². The topological polar surface area (TPSA) is 124 Å². The van der Waals surface area contributed by atoms with E-state index in [-0.39, 0.29) is 30.6 Å². The second-order valence-corrected chi connectivity index (χ2v) is 7.00. The third-order valence-corrected chi connectivity index (χ3v) is 5.70. The van der Waals surface area contributed by atoms with Crippen LogP contribution in [-0.2, 0) is 10.3 Å². The van der Waals surface area contributed by atoms with Crippen molar-refractivity contribution in [2.45, 2.75) is 31.3 Å². The third kappa shape index (κ3) is 2.13. The Balaban J connectivity index is 2.43. The van der Waals surface area contributed by atoms with Crippen molar-refractivity contribution in [1.29, 1.82) is 0 Å². The van der Waals surface area contributed by atoms with E-state index in [4.69, 9.17) is 0 Å². The highest BCUT2D eigenvalue weighted by Gasteiger charge is 2.77. The average molecular weight is 361 g/mol. The molecular formula is C17H19N3O6. The van der Waals surface area contributed by atoms with E-state index < -0.39 is 38.4 Å². The van der Waals surface area contributed by atoms with Crippen molar-refractivity contribution in [2.24, 2.45) is 5.92 Å². The van der Waals surface area contributed by atoms with Crippen LogP contribution in [0.1, 0.15) is 36.2 Å². The fourth-order valence-electron chi connectivity index (χ4n) is 4.55. The summed E-state index contributed by atoms with van der Waals surface area (Å²) in [6, 6.07) is 5.99. The lowest BCUT2D eigenvalue weighted by Gasteiger charge is -2.50. The van der Waals surface area contributed by atoms with Gasteiger partial charge in [0.2, 0.25) is 5.78 Å². The van der Waals surface area contributed by atoms with E-state index in [9.17, 15) is 29.8 Å². The zero-order valence-electron chi connectivity index (χ0n) is 14.5. The molecule has 2 bridgehead atoms. The molecular weight excluding hydrogens is 342 g/mol. The van der Waals surface area contributed by atoms with E-state index in [1.165, 1.54) is 25.1 Å². The minimum absolute atomic E-state index is 0.0106. The van der Waals surface area contributed by atoms with E-state index in [2.05, 4.69) is 0 Å². The quantitative estimate of drug-likeness (QED) is 0.572. The molecule has 0 radical (unpaired) electrons. The summed E-state index contributed by atoms with van der Waals surface area (Å²) >= 11 is 0. The van der Waals surface area contributed by atoms with Gasteiger partial charge in [-0.15, -0.1) is 0 Å². The van der Waals surface area contributed by atoms with Crippen molar-refractivity contribution in [3.05, 3.63) is 55.6 Å². The third-order valence-electron chi connectivity index (χ3n) is 5.70. The molecule has 0 amide bonds. The molecule has 1 saturated heterocycles. The van der Waals surface area contributed by atoms with E-state index in [1.54, 1.807) is 17.9 Å². The van der Waals surface area contributed by atoms with Crippen molar-refractivity contribution in [3.8, 4) is 0 Å². The summed E-state index contributed by atoms with van der Waals surface area (Å²) in [7, 11) is 0. The number of piperidine rings is 1. The minimum Gasteiger partial charge on any atom is -0.300 e. The molecule has 1 aliphatic heterocycles. The zero-order valence-corrected chi connectivity index (χ0v) is 14.5. The largest absolute Gasteiger partial charge is 0.306 e. The van der Waals surface area contributed by atoms with Gasteiger partial charge in [-0.1, -0.05) is 31.2 Å². The number of Topliss-reactive ketones (excluding diaryl/α,β-unsaturated/α-hetero) is 2. The molecule has 3 rings (SSSR count). The second kappa shape index (κ2) is 5.94. The first kappa shape index (κ1) is 18.1. The van der Waals surface area contributed by atoms with E-state index in [0.717, 1.165) is 0 Å². The number of hydrogen-bond donors (Lipinski definition) is 0. The Hall–Kier alpha value is -2.68. The molecule has 9 nitrogen and oxygen atoms in total. The van der Waals surface area contributed by atoms with Gasteiger partial charge in [0.25, 0.3) is 5.54 Å². The Bertz CT molecular complexity index is 824.